The third-order valence-corrected chi connectivity index (χ3v) is 1.64. The zero-order valence-corrected chi connectivity index (χ0v) is 8.80. The van der Waals surface area contributed by atoms with Gasteiger partial charge in [-0.05, 0) is 0 Å². The first-order valence-corrected chi connectivity index (χ1v) is 4.59. The van der Waals surface area contributed by atoms with Crippen molar-refractivity contribution in [3.8, 4) is 0 Å². The molecule has 96 valence electrons. The van der Waals surface area contributed by atoms with Crippen LogP contribution in [0.3, 0.4) is 0 Å². The lowest BCUT2D eigenvalue weighted by molar-refractivity contribution is -0.201. The summed E-state index contributed by atoms with van der Waals surface area (Å²) in [4.78, 5) is 10.9. The normalized spacial score (nSPS) is 13.6. The molecule has 0 aliphatic heterocycles. The molecule has 0 saturated heterocycles. The van der Waals surface area contributed by atoms with Gasteiger partial charge in [-0.3, -0.25) is 4.79 Å². The first-order chi connectivity index (χ1) is 7.38. The van der Waals surface area contributed by atoms with Crippen LogP contribution in [0.25, 0.3) is 0 Å². The average molecular weight is 244 g/mol. The number of halogens is 3. The van der Waals surface area contributed by atoms with Crippen LogP contribution in [0.5, 0.6) is 0 Å². The maximum absolute atomic E-state index is 11.8. The maximum Gasteiger partial charge on any atom is 0.416 e. The molecule has 0 spiro atoms. The van der Waals surface area contributed by atoms with E-state index in [0.717, 1.165) is 0 Å². The fourth-order valence-electron chi connectivity index (χ4n) is 0.765. The van der Waals surface area contributed by atoms with E-state index in [1.807, 2.05) is 5.32 Å². The smallest absolute Gasteiger partial charge is 0.383 e. The number of rotatable bonds is 7. The second-order valence-electron chi connectivity index (χ2n) is 3.03. The molecule has 1 unspecified atom stereocenters. The molecule has 1 amide bonds. The van der Waals surface area contributed by atoms with Crippen LogP contribution < -0.4 is 10.6 Å². The molecule has 0 heterocycles. The highest BCUT2D eigenvalue weighted by Gasteiger charge is 2.38. The molecule has 0 aliphatic rings. The van der Waals surface area contributed by atoms with E-state index in [0.29, 0.717) is 13.2 Å². The minimum atomic E-state index is -4.71. The van der Waals surface area contributed by atoms with Crippen molar-refractivity contribution < 1.29 is 27.8 Å². The number of hydrogen-bond donors (Lipinski definition) is 3. The Labute approximate surface area is 91.0 Å². The van der Waals surface area contributed by atoms with Crippen molar-refractivity contribution in [2.75, 3.05) is 33.4 Å². The monoisotopic (exact) mass is 244 g/mol. The molecule has 5 nitrogen and oxygen atoms in total. The van der Waals surface area contributed by atoms with Crippen molar-refractivity contribution in [2.45, 2.75) is 12.3 Å². The van der Waals surface area contributed by atoms with E-state index < -0.39 is 24.7 Å². The van der Waals surface area contributed by atoms with E-state index in [-0.39, 0.29) is 6.54 Å². The lowest BCUT2D eigenvalue weighted by atomic mass is 10.3. The third-order valence-electron chi connectivity index (χ3n) is 1.64. The summed E-state index contributed by atoms with van der Waals surface area (Å²) in [6.45, 7) is -0.133. The number of aliphatic hydroxyl groups excluding tert-OH is 1. The van der Waals surface area contributed by atoms with Gasteiger partial charge < -0.3 is 20.5 Å². The number of carbonyl (C=O) groups excluding carboxylic acids is 1. The van der Waals surface area contributed by atoms with E-state index in [1.165, 1.54) is 7.11 Å². The molecule has 0 bridgehead atoms. The fourth-order valence-corrected chi connectivity index (χ4v) is 0.765. The first kappa shape index (κ1) is 15.1. The number of carbonyl (C=O) groups is 1. The second kappa shape index (κ2) is 7.42. The molecule has 16 heavy (non-hydrogen) atoms. The maximum atomic E-state index is 11.8. The molecule has 0 aliphatic carbocycles. The van der Waals surface area contributed by atoms with Gasteiger partial charge in [0.05, 0.1) is 19.7 Å². The quantitative estimate of drug-likeness (QED) is 0.516. The van der Waals surface area contributed by atoms with Crippen molar-refractivity contribution in [3.05, 3.63) is 0 Å². The Kier molecular flexibility index (Phi) is 7.02. The molecule has 0 radical (unpaired) electrons. The summed E-state index contributed by atoms with van der Waals surface area (Å²) >= 11 is 0. The number of amides is 1. The Bertz CT molecular complexity index is 211. The predicted molar refractivity (Wildman–Crippen MR) is 49.8 cm³/mol. The van der Waals surface area contributed by atoms with Crippen molar-refractivity contribution in [1.29, 1.82) is 0 Å². The van der Waals surface area contributed by atoms with Gasteiger partial charge in [-0.15, -0.1) is 0 Å². The summed E-state index contributed by atoms with van der Waals surface area (Å²) in [6, 6.07) is 0. The Balaban J connectivity index is 3.58. The van der Waals surface area contributed by atoms with Crippen LogP contribution in [-0.2, 0) is 9.53 Å². The minimum absolute atomic E-state index is 0.117. The van der Waals surface area contributed by atoms with Gasteiger partial charge in [-0.25, -0.2) is 0 Å². The van der Waals surface area contributed by atoms with E-state index in [4.69, 9.17) is 5.11 Å². The summed E-state index contributed by atoms with van der Waals surface area (Å²) < 4.78 is 40.1. The molecule has 8 heteroatoms. The minimum Gasteiger partial charge on any atom is -0.383 e. The lowest BCUT2D eigenvalue weighted by Gasteiger charge is -2.15. The molecule has 1 atom stereocenters. The average Bonchev–Trinajstić information content (AvgIpc) is 2.19. The highest BCUT2D eigenvalue weighted by atomic mass is 19.4. The van der Waals surface area contributed by atoms with Gasteiger partial charge in [0.1, 0.15) is 0 Å². The highest BCUT2D eigenvalue weighted by Crippen LogP contribution is 2.18. The summed E-state index contributed by atoms with van der Waals surface area (Å²) in [7, 11) is 1.49. The molecule has 0 aromatic carbocycles. The summed E-state index contributed by atoms with van der Waals surface area (Å²) in [6.07, 6.45) is -7.24. The summed E-state index contributed by atoms with van der Waals surface area (Å²) in [5, 5.41) is 13.2. The number of aliphatic hydroxyl groups is 1. The zero-order chi connectivity index (χ0) is 12.6. The van der Waals surface area contributed by atoms with Crippen molar-refractivity contribution in [1.82, 2.24) is 10.6 Å². The van der Waals surface area contributed by atoms with Crippen LogP contribution in [-0.4, -0.2) is 56.6 Å². The Morgan fingerprint density at radius 3 is 2.62 bits per heavy atom. The standard InChI is InChI=1S/C8H15F3N2O3/c1-16-3-2-12-5-7(15)13-4-6(14)8(9,10)11/h6,12,14H,2-5H2,1H3,(H,13,15). The lowest BCUT2D eigenvalue weighted by Crippen LogP contribution is -2.43. The number of ether oxygens (including phenoxy) is 1. The van der Waals surface area contributed by atoms with E-state index in [2.05, 4.69) is 10.1 Å². The topological polar surface area (TPSA) is 70.6 Å². The molecular weight excluding hydrogens is 229 g/mol. The molecular formula is C8H15F3N2O3. The number of nitrogens with one attached hydrogen (secondary N) is 2. The van der Waals surface area contributed by atoms with Gasteiger partial charge in [0.25, 0.3) is 0 Å². The number of alkyl halides is 3. The van der Waals surface area contributed by atoms with Crippen molar-refractivity contribution in [3.63, 3.8) is 0 Å². The van der Waals surface area contributed by atoms with Crippen LogP contribution in [0, 0.1) is 0 Å². The van der Waals surface area contributed by atoms with Gasteiger partial charge in [0.2, 0.25) is 5.91 Å². The van der Waals surface area contributed by atoms with Crippen LogP contribution in [0.15, 0.2) is 0 Å². The Morgan fingerprint density at radius 2 is 2.12 bits per heavy atom. The number of methoxy groups -OCH3 is 1. The molecule has 0 rings (SSSR count). The SMILES string of the molecule is COCCNCC(=O)NCC(O)C(F)(F)F. The van der Waals surface area contributed by atoms with Crippen molar-refractivity contribution in [2.24, 2.45) is 0 Å². The van der Waals surface area contributed by atoms with Crippen LogP contribution >= 0.6 is 0 Å². The Morgan fingerprint density at radius 1 is 1.50 bits per heavy atom. The fraction of sp³-hybridized carbons (Fsp3) is 0.875. The van der Waals surface area contributed by atoms with Crippen molar-refractivity contribution >= 4 is 5.91 Å². The largest absolute Gasteiger partial charge is 0.416 e. The summed E-state index contributed by atoms with van der Waals surface area (Å²) in [5.41, 5.74) is 0. The van der Waals surface area contributed by atoms with E-state index in [9.17, 15) is 18.0 Å². The first-order valence-electron chi connectivity index (χ1n) is 4.59. The molecule has 0 aromatic rings. The van der Waals surface area contributed by atoms with Gasteiger partial charge in [0, 0.05) is 13.7 Å². The van der Waals surface area contributed by atoms with Crippen LogP contribution in [0.1, 0.15) is 0 Å². The van der Waals surface area contributed by atoms with E-state index >= 15 is 0 Å². The molecule has 0 saturated carbocycles. The zero-order valence-electron chi connectivity index (χ0n) is 8.80. The van der Waals surface area contributed by atoms with Gasteiger partial charge >= 0.3 is 6.18 Å². The molecule has 3 N–H and O–H groups in total. The second-order valence-corrected chi connectivity index (χ2v) is 3.03. The van der Waals surface area contributed by atoms with E-state index in [1.54, 1.807) is 0 Å². The van der Waals surface area contributed by atoms with Gasteiger partial charge in [0.15, 0.2) is 6.10 Å². The Hall–Kier alpha value is -0.860. The summed E-state index contributed by atoms with van der Waals surface area (Å²) in [5.74, 6) is -0.612. The highest BCUT2D eigenvalue weighted by molar-refractivity contribution is 5.77. The van der Waals surface area contributed by atoms with Gasteiger partial charge in [-0.2, -0.15) is 13.2 Å². The molecule has 0 fully saturated rings. The van der Waals surface area contributed by atoms with Gasteiger partial charge in [-0.1, -0.05) is 0 Å². The van der Waals surface area contributed by atoms with Crippen LogP contribution in [0.2, 0.25) is 0 Å². The van der Waals surface area contributed by atoms with Crippen LogP contribution in [0.4, 0.5) is 13.2 Å². The number of hydrogen-bond acceptors (Lipinski definition) is 4. The third kappa shape index (κ3) is 7.43. The predicted octanol–water partition coefficient (Wildman–Crippen LogP) is -0.738. The molecule has 0 aromatic heterocycles.